The second-order valence-corrected chi connectivity index (χ2v) is 7.13. The summed E-state index contributed by atoms with van der Waals surface area (Å²) >= 11 is 0. The van der Waals surface area contributed by atoms with Crippen molar-refractivity contribution < 1.29 is 9.53 Å². The van der Waals surface area contributed by atoms with Crippen LogP contribution >= 0.6 is 0 Å². The van der Waals surface area contributed by atoms with Gasteiger partial charge in [-0.2, -0.15) is 0 Å². The standard InChI is InChI=1S/C20H30N2O2/c1-24-17-9-6-8-16(14-17)15-22-13-5-3-2-4-12-21-20(23)18-10-7-11-19(18)22/h6,8-9,14,18-19H,2-5,7,10-13,15H2,1H3,(H,21,23). The van der Waals surface area contributed by atoms with E-state index in [2.05, 4.69) is 28.4 Å². The number of carbonyl (C=O) groups is 1. The Morgan fingerprint density at radius 3 is 2.92 bits per heavy atom. The third-order valence-corrected chi connectivity index (χ3v) is 5.48. The van der Waals surface area contributed by atoms with Gasteiger partial charge in [-0.3, -0.25) is 9.69 Å². The largest absolute Gasteiger partial charge is 0.497 e. The number of ether oxygens (including phenoxy) is 1. The first-order valence-corrected chi connectivity index (χ1v) is 9.42. The lowest BCUT2D eigenvalue weighted by Gasteiger charge is -2.32. The Balaban J connectivity index is 1.76. The highest BCUT2D eigenvalue weighted by atomic mass is 16.5. The number of amides is 1. The molecule has 2 aliphatic rings. The summed E-state index contributed by atoms with van der Waals surface area (Å²) in [6.07, 6.45) is 8.13. The third kappa shape index (κ3) is 4.29. The van der Waals surface area contributed by atoms with E-state index in [4.69, 9.17) is 4.74 Å². The molecule has 2 fully saturated rings. The van der Waals surface area contributed by atoms with Crippen molar-refractivity contribution in [2.75, 3.05) is 20.2 Å². The molecule has 4 heteroatoms. The van der Waals surface area contributed by atoms with Crippen molar-refractivity contribution in [3.05, 3.63) is 29.8 Å². The van der Waals surface area contributed by atoms with E-state index in [1.807, 2.05) is 6.07 Å². The maximum Gasteiger partial charge on any atom is 0.224 e. The number of hydrogen-bond acceptors (Lipinski definition) is 3. The Morgan fingerprint density at radius 2 is 2.04 bits per heavy atom. The molecule has 0 aromatic heterocycles. The summed E-state index contributed by atoms with van der Waals surface area (Å²) in [5, 5.41) is 3.17. The fourth-order valence-electron chi connectivity index (χ4n) is 4.19. The highest BCUT2D eigenvalue weighted by Crippen LogP contribution is 2.32. The number of nitrogens with one attached hydrogen (secondary N) is 1. The minimum absolute atomic E-state index is 0.161. The van der Waals surface area contributed by atoms with Crippen LogP contribution < -0.4 is 10.1 Å². The van der Waals surface area contributed by atoms with Crippen LogP contribution in [0.2, 0.25) is 0 Å². The van der Waals surface area contributed by atoms with Crippen molar-refractivity contribution in [2.24, 2.45) is 5.92 Å². The van der Waals surface area contributed by atoms with Crippen LogP contribution in [0.25, 0.3) is 0 Å². The fraction of sp³-hybridized carbons (Fsp3) is 0.650. The zero-order valence-corrected chi connectivity index (χ0v) is 14.8. The van der Waals surface area contributed by atoms with Gasteiger partial charge in [0.2, 0.25) is 5.91 Å². The van der Waals surface area contributed by atoms with Crippen LogP contribution in [0.3, 0.4) is 0 Å². The van der Waals surface area contributed by atoms with Gasteiger partial charge >= 0.3 is 0 Å². The van der Waals surface area contributed by atoms with E-state index in [-0.39, 0.29) is 11.8 Å². The molecule has 0 radical (unpaired) electrons. The fourth-order valence-corrected chi connectivity index (χ4v) is 4.19. The van der Waals surface area contributed by atoms with Crippen LogP contribution in [0.15, 0.2) is 24.3 Å². The number of hydrogen-bond donors (Lipinski definition) is 1. The SMILES string of the molecule is COc1cccc(CN2CCCCCCNC(=O)C3CCCC32)c1. The molecule has 1 saturated heterocycles. The van der Waals surface area contributed by atoms with Crippen LogP contribution in [0.4, 0.5) is 0 Å². The molecule has 1 aliphatic heterocycles. The van der Waals surface area contributed by atoms with E-state index < -0.39 is 0 Å². The Hall–Kier alpha value is -1.55. The molecule has 1 heterocycles. The van der Waals surface area contributed by atoms with Crippen molar-refractivity contribution in [3.8, 4) is 5.75 Å². The summed E-state index contributed by atoms with van der Waals surface area (Å²) in [7, 11) is 1.71. The average Bonchev–Trinajstić information content (AvgIpc) is 3.08. The van der Waals surface area contributed by atoms with Crippen molar-refractivity contribution in [1.29, 1.82) is 0 Å². The highest BCUT2D eigenvalue weighted by molar-refractivity contribution is 5.79. The molecule has 3 rings (SSSR count). The molecule has 0 spiro atoms. The lowest BCUT2D eigenvalue weighted by atomic mass is 9.99. The lowest BCUT2D eigenvalue weighted by Crippen LogP contribution is -2.44. The Labute approximate surface area is 145 Å². The zero-order chi connectivity index (χ0) is 16.8. The number of fused-ring (bicyclic) bond motifs is 1. The average molecular weight is 330 g/mol. The molecule has 2 unspecified atom stereocenters. The van der Waals surface area contributed by atoms with Crippen LogP contribution in [0.5, 0.6) is 5.75 Å². The predicted molar refractivity (Wildman–Crippen MR) is 96.0 cm³/mol. The Bertz CT molecular complexity index is 546. The van der Waals surface area contributed by atoms with Crippen LogP contribution in [0.1, 0.15) is 50.5 Å². The smallest absolute Gasteiger partial charge is 0.224 e. The normalized spacial score (nSPS) is 26.3. The minimum Gasteiger partial charge on any atom is -0.497 e. The van der Waals surface area contributed by atoms with Crippen molar-refractivity contribution in [3.63, 3.8) is 0 Å². The minimum atomic E-state index is 0.161. The lowest BCUT2D eigenvalue weighted by molar-refractivity contribution is -0.126. The molecule has 1 aromatic rings. The first kappa shape index (κ1) is 17.3. The van der Waals surface area contributed by atoms with Crippen molar-refractivity contribution in [1.82, 2.24) is 10.2 Å². The summed E-state index contributed by atoms with van der Waals surface area (Å²) in [5.74, 6) is 1.34. The van der Waals surface area contributed by atoms with Gasteiger partial charge in [-0.15, -0.1) is 0 Å². The first-order valence-electron chi connectivity index (χ1n) is 9.42. The van der Waals surface area contributed by atoms with E-state index in [9.17, 15) is 4.79 Å². The second kappa shape index (κ2) is 8.52. The summed E-state index contributed by atoms with van der Waals surface area (Å²) < 4.78 is 5.36. The molecule has 1 amide bonds. The van der Waals surface area contributed by atoms with Gasteiger partial charge in [0.25, 0.3) is 0 Å². The van der Waals surface area contributed by atoms with Gasteiger partial charge in [0.15, 0.2) is 0 Å². The number of carbonyl (C=O) groups excluding carboxylic acids is 1. The van der Waals surface area contributed by atoms with E-state index in [0.717, 1.165) is 51.1 Å². The van der Waals surface area contributed by atoms with Gasteiger partial charge in [-0.05, 0) is 49.9 Å². The van der Waals surface area contributed by atoms with Gasteiger partial charge < -0.3 is 10.1 Å². The zero-order valence-electron chi connectivity index (χ0n) is 14.8. The van der Waals surface area contributed by atoms with Gasteiger partial charge in [-0.1, -0.05) is 31.4 Å². The third-order valence-electron chi connectivity index (χ3n) is 5.48. The molecule has 0 bridgehead atoms. The second-order valence-electron chi connectivity index (χ2n) is 7.13. The molecule has 132 valence electrons. The van der Waals surface area contributed by atoms with E-state index in [0.29, 0.717) is 6.04 Å². The molecule has 1 aromatic carbocycles. The van der Waals surface area contributed by atoms with Crippen molar-refractivity contribution in [2.45, 2.75) is 57.5 Å². The molecular formula is C20H30N2O2. The highest BCUT2D eigenvalue weighted by Gasteiger charge is 2.36. The van der Waals surface area contributed by atoms with E-state index >= 15 is 0 Å². The summed E-state index contributed by atoms with van der Waals surface area (Å²) in [6.45, 7) is 2.84. The molecule has 1 N–H and O–H groups in total. The van der Waals surface area contributed by atoms with Gasteiger partial charge in [0, 0.05) is 19.1 Å². The predicted octanol–water partition coefficient (Wildman–Crippen LogP) is 3.36. The number of methoxy groups -OCH3 is 1. The number of nitrogens with zero attached hydrogens (tertiary/aromatic N) is 1. The van der Waals surface area contributed by atoms with Gasteiger partial charge in [0.1, 0.15) is 5.75 Å². The van der Waals surface area contributed by atoms with Crippen LogP contribution in [-0.2, 0) is 11.3 Å². The van der Waals surface area contributed by atoms with Crippen molar-refractivity contribution >= 4 is 5.91 Å². The van der Waals surface area contributed by atoms with E-state index in [1.165, 1.54) is 24.8 Å². The Kier molecular flexibility index (Phi) is 6.13. The first-order chi connectivity index (χ1) is 11.8. The molecule has 2 atom stereocenters. The molecule has 1 aliphatic carbocycles. The molecular weight excluding hydrogens is 300 g/mol. The topological polar surface area (TPSA) is 41.6 Å². The summed E-state index contributed by atoms with van der Waals surface area (Å²) in [5.41, 5.74) is 1.27. The number of rotatable bonds is 3. The monoisotopic (exact) mass is 330 g/mol. The molecule has 4 nitrogen and oxygen atoms in total. The number of benzene rings is 1. The quantitative estimate of drug-likeness (QED) is 0.924. The summed E-state index contributed by atoms with van der Waals surface area (Å²) in [4.78, 5) is 15.1. The summed E-state index contributed by atoms with van der Waals surface area (Å²) in [6, 6.07) is 8.71. The molecule has 1 saturated carbocycles. The molecule has 24 heavy (non-hydrogen) atoms. The van der Waals surface area contributed by atoms with Gasteiger partial charge in [-0.25, -0.2) is 0 Å². The maximum atomic E-state index is 12.6. The maximum absolute atomic E-state index is 12.6. The van der Waals surface area contributed by atoms with Crippen LogP contribution in [-0.4, -0.2) is 37.0 Å². The Morgan fingerprint density at radius 1 is 1.17 bits per heavy atom. The van der Waals surface area contributed by atoms with E-state index in [1.54, 1.807) is 7.11 Å². The van der Waals surface area contributed by atoms with Crippen LogP contribution in [0, 0.1) is 5.92 Å². The van der Waals surface area contributed by atoms with Gasteiger partial charge in [0.05, 0.1) is 13.0 Å².